The molecule has 0 spiro atoms. The number of aromatic nitrogens is 4. The van der Waals surface area contributed by atoms with Crippen LogP contribution in [0.2, 0.25) is 10.0 Å². The average molecular weight is 505 g/mol. The van der Waals surface area contributed by atoms with Crippen molar-refractivity contribution in [3.8, 4) is 0 Å². The minimum atomic E-state index is -0.632. The number of fused-ring (bicyclic) bond motifs is 1. The molecule has 2 aliphatic rings. The van der Waals surface area contributed by atoms with Crippen LogP contribution >= 0.6 is 23.2 Å². The molecule has 0 bridgehead atoms. The van der Waals surface area contributed by atoms with E-state index < -0.39 is 6.17 Å². The third kappa shape index (κ3) is 4.50. The van der Waals surface area contributed by atoms with Crippen molar-refractivity contribution in [1.29, 1.82) is 0 Å². The van der Waals surface area contributed by atoms with Gasteiger partial charge in [0.05, 0.1) is 17.9 Å². The number of hydrogen-bond acceptors (Lipinski definition) is 5. The van der Waals surface area contributed by atoms with Crippen molar-refractivity contribution in [1.82, 2.24) is 24.6 Å². The molecule has 0 amide bonds. The van der Waals surface area contributed by atoms with Crippen LogP contribution in [0.5, 0.6) is 0 Å². The van der Waals surface area contributed by atoms with Gasteiger partial charge in [0.25, 0.3) is 0 Å². The van der Waals surface area contributed by atoms with E-state index in [1.54, 1.807) is 6.07 Å². The molecule has 9 heteroatoms. The molecule has 2 aromatic heterocycles. The number of halogens is 3. The van der Waals surface area contributed by atoms with Crippen LogP contribution in [0.3, 0.4) is 0 Å². The molecular formula is C25H31Cl2FN6. The Labute approximate surface area is 210 Å². The van der Waals surface area contributed by atoms with Gasteiger partial charge in [-0.25, -0.2) is 19.0 Å². The van der Waals surface area contributed by atoms with Crippen molar-refractivity contribution in [3.05, 3.63) is 45.7 Å². The standard InChI is InChI=1S/C25H31Cl2FN6/c1-15-14-33(11-8-22(15)32-9-6-19(28)7-10-32)23-13-29-24-16(2)31-34(25(24)30-23)17(3)20-5-4-18(26)12-21(20)27/h4-5,12-13,15,17,19,22H,6-11,14H2,1-3H3. The first-order valence-electron chi connectivity index (χ1n) is 12.1. The lowest BCUT2D eigenvalue weighted by Crippen LogP contribution is -2.52. The number of benzene rings is 1. The third-order valence-electron chi connectivity index (χ3n) is 7.45. The zero-order chi connectivity index (χ0) is 24.0. The zero-order valence-corrected chi connectivity index (χ0v) is 21.4. The van der Waals surface area contributed by atoms with Crippen LogP contribution in [0, 0.1) is 12.8 Å². The maximum atomic E-state index is 13.6. The first kappa shape index (κ1) is 23.8. The third-order valence-corrected chi connectivity index (χ3v) is 8.01. The van der Waals surface area contributed by atoms with E-state index in [0.717, 1.165) is 60.8 Å². The Hall–Kier alpha value is -1.96. The number of aryl methyl sites for hydroxylation is 1. The van der Waals surface area contributed by atoms with Gasteiger partial charge in [0.2, 0.25) is 0 Å². The van der Waals surface area contributed by atoms with Crippen molar-refractivity contribution in [3.63, 3.8) is 0 Å². The largest absolute Gasteiger partial charge is 0.355 e. The summed E-state index contributed by atoms with van der Waals surface area (Å²) in [6.45, 7) is 9.87. The second-order valence-electron chi connectivity index (χ2n) is 9.76. The highest BCUT2D eigenvalue weighted by molar-refractivity contribution is 6.35. The van der Waals surface area contributed by atoms with Crippen molar-refractivity contribution in [2.75, 3.05) is 31.1 Å². The first-order valence-corrected chi connectivity index (χ1v) is 12.9. The Morgan fingerprint density at radius 3 is 2.59 bits per heavy atom. The van der Waals surface area contributed by atoms with Gasteiger partial charge in [0.1, 0.15) is 17.5 Å². The van der Waals surface area contributed by atoms with E-state index in [1.807, 2.05) is 29.9 Å². The molecule has 2 saturated heterocycles. The van der Waals surface area contributed by atoms with Crippen LogP contribution in [0.15, 0.2) is 24.4 Å². The van der Waals surface area contributed by atoms with E-state index in [1.165, 1.54) is 0 Å². The van der Waals surface area contributed by atoms with Gasteiger partial charge in [-0.3, -0.25) is 4.90 Å². The topological polar surface area (TPSA) is 50.1 Å². The molecule has 0 saturated carbocycles. The number of rotatable bonds is 4. The van der Waals surface area contributed by atoms with Gasteiger partial charge >= 0.3 is 0 Å². The second kappa shape index (κ2) is 9.59. The molecule has 1 aromatic carbocycles. The van der Waals surface area contributed by atoms with Crippen molar-refractivity contribution in [2.24, 2.45) is 5.92 Å². The highest BCUT2D eigenvalue weighted by Gasteiger charge is 2.33. The normalized spacial score (nSPS) is 23.5. The van der Waals surface area contributed by atoms with E-state index in [0.29, 0.717) is 34.8 Å². The summed E-state index contributed by atoms with van der Waals surface area (Å²) in [6.07, 6.45) is 3.60. The van der Waals surface area contributed by atoms with E-state index in [9.17, 15) is 4.39 Å². The Balaban J connectivity index is 1.39. The Bertz CT molecular complexity index is 1180. The van der Waals surface area contributed by atoms with Crippen LogP contribution < -0.4 is 4.90 Å². The predicted molar refractivity (Wildman–Crippen MR) is 136 cm³/mol. The summed E-state index contributed by atoms with van der Waals surface area (Å²) in [4.78, 5) is 14.6. The number of hydrogen-bond donors (Lipinski definition) is 0. The zero-order valence-electron chi connectivity index (χ0n) is 19.9. The number of anilines is 1. The molecule has 3 atom stereocenters. The molecule has 3 aromatic rings. The summed E-state index contributed by atoms with van der Waals surface area (Å²) in [5.41, 5.74) is 3.34. The van der Waals surface area contributed by atoms with Gasteiger partial charge in [-0.15, -0.1) is 0 Å². The molecule has 3 unspecified atom stereocenters. The number of nitrogens with zero attached hydrogens (tertiary/aromatic N) is 6. The summed E-state index contributed by atoms with van der Waals surface area (Å²) in [5, 5.41) is 5.97. The van der Waals surface area contributed by atoms with E-state index in [2.05, 4.69) is 23.6 Å². The first-order chi connectivity index (χ1) is 16.3. The number of alkyl halides is 1. The van der Waals surface area contributed by atoms with Gasteiger partial charge in [0, 0.05) is 42.3 Å². The minimum Gasteiger partial charge on any atom is -0.355 e. The van der Waals surface area contributed by atoms with Gasteiger partial charge in [-0.05, 0) is 56.7 Å². The second-order valence-corrected chi connectivity index (χ2v) is 10.6. The molecule has 0 N–H and O–H groups in total. The molecule has 2 fully saturated rings. The minimum absolute atomic E-state index is 0.117. The lowest BCUT2D eigenvalue weighted by atomic mass is 9.90. The van der Waals surface area contributed by atoms with Crippen LogP contribution in [-0.2, 0) is 0 Å². The molecule has 0 radical (unpaired) electrons. The summed E-state index contributed by atoms with van der Waals surface area (Å²) in [7, 11) is 0. The average Bonchev–Trinajstić information content (AvgIpc) is 3.15. The lowest BCUT2D eigenvalue weighted by Gasteiger charge is -2.44. The fourth-order valence-electron chi connectivity index (χ4n) is 5.52. The molecular weight excluding hydrogens is 474 g/mol. The highest BCUT2D eigenvalue weighted by Crippen LogP contribution is 2.32. The van der Waals surface area contributed by atoms with Crippen LogP contribution in [0.4, 0.5) is 10.2 Å². The van der Waals surface area contributed by atoms with Crippen LogP contribution in [0.25, 0.3) is 11.2 Å². The highest BCUT2D eigenvalue weighted by atomic mass is 35.5. The van der Waals surface area contributed by atoms with E-state index in [-0.39, 0.29) is 6.04 Å². The van der Waals surface area contributed by atoms with E-state index in [4.69, 9.17) is 38.3 Å². The number of piperidine rings is 2. The molecule has 0 aliphatic carbocycles. The number of likely N-dealkylation sites (tertiary alicyclic amines) is 1. The van der Waals surface area contributed by atoms with Crippen LogP contribution in [-0.4, -0.2) is 63.0 Å². The van der Waals surface area contributed by atoms with Gasteiger partial charge in [-0.2, -0.15) is 5.10 Å². The van der Waals surface area contributed by atoms with Crippen LogP contribution in [0.1, 0.15) is 50.4 Å². The van der Waals surface area contributed by atoms with Gasteiger partial charge < -0.3 is 4.90 Å². The Morgan fingerprint density at radius 2 is 1.88 bits per heavy atom. The summed E-state index contributed by atoms with van der Waals surface area (Å²) in [6, 6.07) is 5.92. The summed E-state index contributed by atoms with van der Waals surface area (Å²) < 4.78 is 15.5. The van der Waals surface area contributed by atoms with Crippen molar-refractivity contribution >= 4 is 40.2 Å². The summed E-state index contributed by atoms with van der Waals surface area (Å²) >= 11 is 12.6. The lowest BCUT2D eigenvalue weighted by molar-refractivity contribution is 0.0741. The Kier molecular flexibility index (Phi) is 6.70. The smallest absolute Gasteiger partial charge is 0.179 e. The Morgan fingerprint density at radius 1 is 1.12 bits per heavy atom. The molecule has 4 heterocycles. The van der Waals surface area contributed by atoms with E-state index >= 15 is 0 Å². The molecule has 182 valence electrons. The quantitative estimate of drug-likeness (QED) is 0.456. The molecule has 2 aliphatic heterocycles. The maximum Gasteiger partial charge on any atom is 0.179 e. The van der Waals surface area contributed by atoms with Crippen molar-refractivity contribution < 1.29 is 4.39 Å². The van der Waals surface area contributed by atoms with Gasteiger partial charge in [-0.1, -0.05) is 36.2 Å². The fourth-order valence-corrected chi connectivity index (χ4v) is 6.09. The van der Waals surface area contributed by atoms with Gasteiger partial charge in [0.15, 0.2) is 5.65 Å². The fraction of sp³-hybridized carbons (Fsp3) is 0.560. The monoisotopic (exact) mass is 504 g/mol. The molecule has 5 rings (SSSR count). The van der Waals surface area contributed by atoms with Crippen molar-refractivity contribution in [2.45, 2.75) is 58.3 Å². The maximum absolute atomic E-state index is 13.6. The summed E-state index contributed by atoms with van der Waals surface area (Å²) in [5.74, 6) is 1.34. The molecule has 34 heavy (non-hydrogen) atoms. The SMILES string of the molecule is Cc1nn(C(C)c2ccc(Cl)cc2Cl)c2nc(N3CCC(N4CCC(F)CC4)C(C)C3)cnc12. The molecule has 6 nitrogen and oxygen atoms in total. The predicted octanol–water partition coefficient (Wildman–Crippen LogP) is 5.70.